The second-order valence-corrected chi connectivity index (χ2v) is 8.38. The van der Waals surface area contributed by atoms with Gasteiger partial charge in [-0.1, -0.05) is 47.5 Å². The van der Waals surface area contributed by atoms with E-state index < -0.39 is 0 Å². The highest BCUT2D eigenvalue weighted by Crippen LogP contribution is 2.27. The summed E-state index contributed by atoms with van der Waals surface area (Å²) < 4.78 is 0. The van der Waals surface area contributed by atoms with E-state index in [0.29, 0.717) is 11.8 Å². The van der Waals surface area contributed by atoms with E-state index in [2.05, 4.69) is 18.7 Å². The van der Waals surface area contributed by atoms with E-state index in [0.717, 1.165) is 36.0 Å². The number of carbonyl (C=O) groups is 1. The fraction of sp³-hybridized carbons (Fsp3) is 0.409. The molecular weight excluding hydrogens is 365 g/mol. The van der Waals surface area contributed by atoms with Crippen LogP contribution in [0.25, 0.3) is 0 Å². The van der Waals surface area contributed by atoms with Gasteiger partial charge in [0.25, 0.3) is 0 Å². The summed E-state index contributed by atoms with van der Waals surface area (Å²) in [7, 11) is 0. The topological polar surface area (TPSA) is 20.3 Å². The minimum Gasteiger partial charge on any atom is -0.299 e. The zero-order valence-corrected chi connectivity index (χ0v) is 16.8. The van der Waals surface area contributed by atoms with Gasteiger partial charge in [-0.15, -0.1) is 0 Å². The first-order valence-corrected chi connectivity index (χ1v) is 9.94. The van der Waals surface area contributed by atoms with Crippen molar-refractivity contribution in [1.82, 2.24) is 4.90 Å². The molecule has 26 heavy (non-hydrogen) atoms. The van der Waals surface area contributed by atoms with Gasteiger partial charge in [-0.05, 0) is 62.1 Å². The number of halogens is 2. The summed E-state index contributed by atoms with van der Waals surface area (Å²) in [5, 5.41) is 1.46. The van der Waals surface area contributed by atoms with Crippen LogP contribution in [-0.4, -0.2) is 29.8 Å². The quantitative estimate of drug-likeness (QED) is 0.690. The maximum absolute atomic E-state index is 13.2. The molecule has 1 saturated heterocycles. The molecule has 2 aromatic rings. The standard InChI is InChI=1S/C22H25Cl2NO/c1-15(2)25-13-18(11-16-3-7-20(23)8-4-16)22(26)19(14-25)12-17-5-9-21(24)10-6-17/h3-10,15,18-19H,11-14H2,1-2H3. The normalized spacial score (nSPS) is 21.3. The number of Topliss-reactive ketones (excluding diaryl/α,β-unsaturated/α-hetero) is 1. The minimum absolute atomic E-state index is 0.0321. The van der Waals surface area contributed by atoms with Crippen molar-refractivity contribution in [3.63, 3.8) is 0 Å². The molecule has 0 radical (unpaired) electrons. The molecule has 0 amide bonds. The Hall–Kier alpha value is -1.35. The third-order valence-electron chi connectivity index (χ3n) is 5.24. The Balaban J connectivity index is 1.76. The minimum atomic E-state index is 0.0321. The van der Waals surface area contributed by atoms with Crippen LogP contribution in [0, 0.1) is 11.8 Å². The van der Waals surface area contributed by atoms with Crippen LogP contribution in [-0.2, 0) is 17.6 Å². The lowest BCUT2D eigenvalue weighted by Gasteiger charge is -2.39. The van der Waals surface area contributed by atoms with E-state index in [-0.39, 0.29) is 11.8 Å². The van der Waals surface area contributed by atoms with E-state index in [1.165, 1.54) is 11.1 Å². The van der Waals surface area contributed by atoms with Gasteiger partial charge in [-0.2, -0.15) is 0 Å². The lowest BCUT2D eigenvalue weighted by molar-refractivity contribution is -0.132. The molecule has 1 fully saturated rings. The molecule has 0 aromatic heterocycles. The van der Waals surface area contributed by atoms with Crippen molar-refractivity contribution in [2.24, 2.45) is 11.8 Å². The molecule has 0 N–H and O–H groups in total. The summed E-state index contributed by atoms with van der Waals surface area (Å²) in [6.45, 7) is 6.06. The first-order chi connectivity index (χ1) is 12.4. The SMILES string of the molecule is CC(C)N1CC(Cc2ccc(Cl)cc2)C(=O)C(Cc2ccc(Cl)cc2)C1. The molecule has 2 nitrogen and oxygen atoms in total. The number of benzene rings is 2. The van der Waals surface area contributed by atoms with Gasteiger partial charge in [-0.3, -0.25) is 9.69 Å². The number of piperidine rings is 1. The van der Waals surface area contributed by atoms with Gasteiger partial charge < -0.3 is 0 Å². The van der Waals surface area contributed by atoms with Crippen molar-refractivity contribution in [3.05, 3.63) is 69.7 Å². The Morgan fingerprint density at radius 1 is 0.846 bits per heavy atom. The highest BCUT2D eigenvalue weighted by molar-refractivity contribution is 6.30. The van der Waals surface area contributed by atoms with Gasteiger partial charge in [0, 0.05) is 41.0 Å². The van der Waals surface area contributed by atoms with Crippen molar-refractivity contribution >= 4 is 29.0 Å². The average molecular weight is 390 g/mol. The van der Waals surface area contributed by atoms with Gasteiger partial charge in [0.15, 0.2) is 0 Å². The van der Waals surface area contributed by atoms with E-state index in [1.54, 1.807) is 0 Å². The molecule has 1 aliphatic heterocycles. The summed E-state index contributed by atoms with van der Waals surface area (Å²) in [4.78, 5) is 15.6. The lowest BCUT2D eigenvalue weighted by atomic mass is 9.80. The fourth-order valence-electron chi connectivity index (χ4n) is 3.72. The number of rotatable bonds is 5. The van der Waals surface area contributed by atoms with Crippen molar-refractivity contribution < 1.29 is 4.79 Å². The van der Waals surface area contributed by atoms with Gasteiger partial charge in [-0.25, -0.2) is 0 Å². The van der Waals surface area contributed by atoms with E-state index in [4.69, 9.17) is 23.2 Å². The van der Waals surface area contributed by atoms with Crippen LogP contribution in [0.1, 0.15) is 25.0 Å². The van der Waals surface area contributed by atoms with Crippen LogP contribution < -0.4 is 0 Å². The molecule has 1 heterocycles. The molecule has 2 unspecified atom stereocenters. The number of likely N-dealkylation sites (tertiary alicyclic amines) is 1. The van der Waals surface area contributed by atoms with Gasteiger partial charge in [0.2, 0.25) is 0 Å². The Morgan fingerprint density at radius 3 is 1.58 bits per heavy atom. The van der Waals surface area contributed by atoms with Gasteiger partial charge >= 0.3 is 0 Å². The predicted molar refractivity (Wildman–Crippen MR) is 109 cm³/mol. The van der Waals surface area contributed by atoms with Crippen molar-refractivity contribution in [3.8, 4) is 0 Å². The Bertz CT molecular complexity index is 680. The second kappa shape index (κ2) is 8.56. The Labute approximate surface area is 166 Å². The average Bonchev–Trinajstić information content (AvgIpc) is 2.62. The molecule has 1 aliphatic rings. The molecule has 4 heteroatoms. The molecule has 0 spiro atoms. The zero-order valence-electron chi connectivity index (χ0n) is 15.3. The molecule has 0 bridgehead atoms. The third kappa shape index (κ3) is 4.88. The van der Waals surface area contributed by atoms with Crippen molar-refractivity contribution in [1.29, 1.82) is 0 Å². The summed E-state index contributed by atoms with van der Waals surface area (Å²) >= 11 is 12.0. The monoisotopic (exact) mass is 389 g/mol. The highest BCUT2D eigenvalue weighted by Gasteiger charge is 2.35. The predicted octanol–water partition coefficient (Wildman–Crippen LogP) is 5.30. The zero-order chi connectivity index (χ0) is 18.7. The van der Waals surface area contributed by atoms with Crippen molar-refractivity contribution in [2.75, 3.05) is 13.1 Å². The Kier molecular flexibility index (Phi) is 6.39. The molecule has 3 rings (SSSR count). The summed E-state index contributed by atoms with van der Waals surface area (Å²) in [6.07, 6.45) is 1.55. The van der Waals surface area contributed by atoms with E-state index >= 15 is 0 Å². The van der Waals surface area contributed by atoms with Crippen LogP contribution in [0.3, 0.4) is 0 Å². The second-order valence-electron chi connectivity index (χ2n) is 7.51. The maximum atomic E-state index is 13.2. The third-order valence-corrected chi connectivity index (χ3v) is 5.74. The molecule has 2 atom stereocenters. The summed E-state index contributed by atoms with van der Waals surface area (Å²) in [6, 6.07) is 16.1. The lowest BCUT2D eigenvalue weighted by Crippen LogP contribution is -2.50. The van der Waals surface area contributed by atoms with Crippen LogP contribution in [0.2, 0.25) is 10.0 Å². The molecule has 138 valence electrons. The van der Waals surface area contributed by atoms with E-state index in [9.17, 15) is 4.79 Å². The number of ketones is 1. The molecule has 0 aliphatic carbocycles. The highest BCUT2D eigenvalue weighted by atomic mass is 35.5. The van der Waals surface area contributed by atoms with Crippen molar-refractivity contribution in [2.45, 2.75) is 32.7 Å². The summed E-state index contributed by atoms with van der Waals surface area (Å²) in [5.41, 5.74) is 2.34. The number of hydrogen-bond acceptors (Lipinski definition) is 2. The molecule has 2 aromatic carbocycles. The maximum Gasteiger partial charge on any atom is 0.142 e. The molecular formula is C22H25Cl2NO. The van der Waals surface area contributed by atoms with Crippen LogP contribution in [0.15, 0.2) is 48.5 Å². The van der Waals surface area contributed by atoms with Gasteiger partial charge in [0.1, 0.15) is 5.78 Å². The summed E-state index contributed by atoms with van der Waals surface area (Å²) in [5.74, 6) is 0.445. The number of hydrogen-bond donors (Lipinski definition) is 0. The van der Waals surface area contributed by atoms with Gasteiger partial charge in [0.05, 0.1) is 0 Å². The van der Waals surface area contributed by atoms with Crippen LogP contribution in [0.5, 0.6) is 0 Å². The fourth-order valence-corrected chi connectivity index (χ4v) is 3.97. The van der Waals surface area contributed by atoms with Crippen LogP contribution >= 0.6 is 23.2 Å². The first kappa shape index (κ1) is 19.4. The number of nitrogens with zero attached hydrogens (tertiary/aromatic N) is 1. The Morgan fingerprint density at radius 2 is 1.23 bits per heavy atom. The van der Waals surface area contributed by atoms with E-state index in [1.807, 2.05) is 48.5 Å². The number of carbonyl (C=O) groups excluding carboxylic acids is 1. The van der Waals surface area contributed by atoms with Crippen LogP contribution in [0.4, 0.5) is 0 Å². The molecule has 0 saturated carbocycles. The largest absolute Gasteiger partial charge is 0.299 e. The smallest absolute Gasteiger partial charge is 0.142 e. The first-order valence-electron chi connectivity index (χ1n) is 9.19.